The van der Waals surface area contributed by atoms with E-state index in [9.17, 15) is 14.0 Å². The predicted octanol–water partition coefficient (Wildman–Crippen LogP) is 2.55. The van der Waals surface area contributed by atoms with Gasteiger partial charge in [0, 0.05) is 18.2 Å². The van der Waals surface area contributed by atoms with Crippen molar-refractivity contribution in [3.63, 3.8) is 0 Å². The van der Waals surface area contributed by atoms with Crippen molar-refractivity contribution in [3.8, 4) is 11.5 Å². The number of halogens is 1. The Kier molecular flexibility index (Phi) is 4.08. The molecule has 1 saturated carbocycles. The number of carbonyl (C=O) groups excluding carboxylic acids is 1. The maximum absolute atomic E-state index is 13.6. The smallest absolute Gasteiger partial charge is 0.259 e. The third-order valence-electron chi connectivity index (χ3n) is 4.08. The average molecular weight is 354 g/mol. The number of anilines is 1. The maximum atomic E-state index is 13.6. The Morgan fingerprint density at radius 2 is 2.08 bits per heavy atom. The molecule has 0 radical (unpaired) electrons. The molecule has 1 aliphatic rings. The fourth-order valence-electron chi connectivity index (χ4n) is 2.55. The summed E-state index contributed by atoms with van der Waals surface area (Å²) in [5.74, 6) is 0.258. The highest BCUT2D eigenvalue weighted by Gasteiger charge is 2.29. The van der Waals surface area contributed by atoms with Crippen molar-refractivity contribution in [3.05, 3.63) is 64.6 Å². The van der Waals surface area contributed by atoms with Gasteiger partial charge in [-0.05, 0) is 31.0 Å². The topological polar surface area (TPSA) is 90.0 Å². The van der Waals surface area contributed by atoms with Gasteiger partial charge >= 0.3 is 0 Å². The van der Waals surface area contributed by atoms with Crippen molar-refractivity contribution >= 4 is 11.6 Å². The van der Waals surface area contributed by atoms with Gasteiger partial charge in [-0.2, -0.15) is 4.98 Å². The summed E-state index contributed by atoms with van der Waals surface area (Å²) in [5, 5.41) is 6.39. The van der Waals surface area contributed by atoms with E-state index in [1.165, 1.54) is 35.0 Å². The Morgan fingerprint density at radius 3 is 2.85 bits per heavy atom. The number of nitrogens with one attached hydrogen (secondary N) is 1. The molecule has 1 N–H and O–H groups in total. The standard InChI is InChI=1S/C18H15FN4O3/c19-13-3-1-2-4-14(13)20-15(24)10-23-9-12(7-8-16(23)25)18-21-17(22-26-18)11-5-6-11/h1-4,7-9,11H,5-6,10H2,(H,20,24). The van der Waals surface area contributed by atoms with Crippen LogP contribution in [0.3, 0.4) is 0 Å². The molecule has 1 amide bonds. The summed E-state index contributed by atoms with van der Waals surface area (Å²) < 4.78 is 20.1. The van der Waals surface area contributed by atoms with Crippen LogP contribution in [0.5, 0.6) is 0 Å². The average Bonchev–Trinajstić information content (AvgIpc) is 3.36. The second-order valence-corrected chi connectivity index (χ2v) is 6.14. The molecule has 2 aromatic heterocycles. The van der Waals surface area contributed by atoms with E-state index in [0.717, 1.165) is 12.8 Å². The number of benzene rings is 1. The van der Waals surface area contributed by atoms with Crippen molar-refractivity contribution in [2.45, 2.75) is 25.3 Å². The summed E-state index contributed by atoms with van der Waals surface area (Å²) in [7, 11) is 0. The number of carbonyl (C=O) groups is 1. The molecule has 132 valence electrons. The molecule has 0 bridgehead atoms. The van der Waals surface area contributed by atoms with Gasteiger partial charge in [0.1, 0.15) is 12.4 Å². The van der Waals surface area contributed by atoms with Crippen molar-refractivity contribution < 1.29 is 13.7 Å². The Balaban J connectivity index is 1.53. The van der Waals surface area contributed by atoms with Crippen LogP contribution < -0.4 is 10.9 Å². The van der Waals surface area contributed by atoms with Crippen LogP contribution in [-0.4, -0.2) is 20.6 Å². The molecule has 26 heavy (non-hydrogen) atoms. The van der Waals surface area contributed by atoms with E-state index in [-0.39, 0.29) is 17.8 Å². The Labute approximate surface area is 147 Å². The minimum Gasteiger partial charge on any atom is -0.334 e. The number of nitrogens with zero attached hydrogens (tertiary/aromatic N) is 3. The molecule has 1 aromatic carbocycles. The van der Waals surface area contributed by atoms with Gasteiger partial charge in [-0.15, -0.1) is 0 Å². The van der Waals surface area contributed by atoms with E-state index in [1.807, 2.05) is 0 Å². The Bertz CT molecular complexity index is 1020. The number of amides is 1. The lowest BCUT2D eigenvalue weighted by molar-refractivity contribution is -0.116. The lowest BCUT2D eigenvalue weighted by Crippen LogP contribution is -2.27. The molecule has 0 saturated heterocycles. The Hall–Kier alpha value is -3.29. The molecular formula is C18H15FN4O3. The lowest BCUT2D eigenvalue weighted by atomic mass is 10.2. The first-order chi connectivity index (χ1) is 12.6. The third-order valence-corrected chi connectivity index (χ3v) is 4.08. The lowest BCUT2D eigenvalue weighted by Gasteiger charge is -2.08. The maximum Gasteiger partial charge on any atom is 0.259 e. The van der Waals surface area contributed by atoms with Gasteiger partial charge in [-0.3, -0.25) is 9.59 Å². The van der Waals surface area contributed by atoms with E-state index in [4.69, 9.17) is 4.52 Å². The summed E-state index contributed by atoms with van der Waals surface area (Å²) in [6.07, 6.45) is 3.58. The second-order valence-electron chi connectivity index (χ2n) is 6.14. The first-order valence-electron chi connectivity index (χ1n) is 8.19. The fourth-order valence-corrected chi connectivity index (χ4v) is 2.55. The molecule has 8 heteroatoms. The molecule has 4 rings (SSSR count). The minimum atomic E-state index is -0.541. The van der Waals surface area contributed by atoms with Gasteiger partial charge in [0.05, 0.1) is 11.3 Å². The van der Waals surface area contributed by atoms with Crippen molar-refractivity contribution in [1.82, 2.24) is 14.7 Å². The van der Waals surface area contributed by atoms with Crippen molar-refractivity contribution in [1.29, 1.82) is 0 Å². The first-order valence-corrected chi connectivity index (χ1v) is 8.19. The summed E-state index contributed by atoms with van der Waals surface area (Å²) in [6.45, 7) is -0.259. The molecule has 0 spiro atoms. The molecular weight excluding hydrogens is 339 g/mol. The van der Waals surface area contributed by atoms with Gasteiger partial charge in [-0.1, -0.05) is 17.3 Å². The fraction of sp³-hybridized carbons (Fsp3) is 0.222. The van der Waals surface area contributed by atoms with Gasteiger partial charge in [0.15, 0.2) is 5.82 Å². The van der Waals surface area contributed by atoms with E-state index in [0.29, 0.717) is 23.2 Å². The van der Waals surface area contributed by atoms with Gasteiger partial charge in [0.25, 0.3) is 11.4 Å². The molecule has 0 unspecified atom stereocenters. The molecule has 3 aromatic rings. The van der Waals surface area contributed by atoms with Crippen molar-refractivity contribution in [2.75, 3.05) is 5.32 Å². The largest absolute Gasteiger partial charge is 0.334 e. The number of hydrogen-bond acceptors (Lipinski definition) is 5. The van der Waals surface area contributed by atoms with Crippen LogP contribution in [0.1, 0.15) is 24.6 Å². The van der Waals surface area contributed by atoms with Crippen LogP contribution in [0.2, 0.25) is 0 Å². The monoisotopic (exact) mass is 354 g/mol. The van der Waals surface area contributed by atoms with E-state index in [2.05, 4.69) is 15.5 Å². The highest BCUT2D eigenvalue weighted by atomic mass is 19.1. The zero-order chi connectivity index (χ0) is 18.1. The molecule has 0 atom stereocenters. The summed E-state index contributed by atoms with van der Waals surface area (Å²) in [5.41, 5.74) is 0.245. The highest BCUT2D eigenvalue weighted by Crippen LogP contribution is 2.38. The number of aromatic nitrogens is 3. The van der Waals surface area contributed by atoms with Crippen LogP contribution in [0.4, 0.5) is 10.1 Å². The van der Waals surface area contributed by atoms with Crippen molar-refractivity contribution in [2.24, 2.45) is 0 Å². The SMILES string of the molecule is O=C(Cn1cc(-c2nc(C3CC3)no2)ccc1=O)Nc1ccccc1F. The summed E-state index contributed by atoms with van der Waals surface area (Å²) >= 11 is 0. The van der Waals surface area contributed by atoms with E-state index in [1.54, 1.807) is 12.1 Å². The van der Waals surface area contributed by atoms with E-state index < -0.39 is 11.7 Å². The predicted molar refractivity (Wildman–Crippen MR) is 91.0 cm³/mol. The number of pyridine rings is 1. The zero-order valence-corrected chi connectivity index (χ0v) is 13.7. The van der Waals surface area contributed by atoms with Crippen LogP contribution >= 0.6 is 0 Å². The van der Waals surface area contributed by atoms with Crippen LogP contribution in [-0.2, 0) is 11.3 Å². The zero-order valence-electron chi connectivity index (χ0n) is 13.7. The van der Waals surface area contributed by atoms with Gasteiger partial charge in [0.2, 0.25) is 5.91 Å². The molecule has 1 fully saturated rings. The molecule has 0 aliphatic heterocycles. The normalized spacial score (nSPS) is 13.6. The second kappa shape index (κ2) is 6.55. The number of rotatable bonds is 5. The molecule has 1 aliphatic carbocycles. The Morgan fingerprint density at radius 1 is 1.27 bits per heavy atom. The molecule has 2 heterocycles. The van der Waals surface area contributed by atoms with Crippen LogP contribution in [0.25, 0.3) is 11.5 Å². The third kappa shape index (κ3) is 3.39. The van der Waals surface area contributed by atoms with Gasteiger partial charge in [-0.25, -0.2) is 4.39 Å². The summed E-state index contributed by atoms with van der Waals surface area (Å²) in [4.78, 5) is 28.5. The number of para-hydroxylation sites is 1. The summed E-state index contributed by atoms with van der Waals surface area (Å²) in [6, 6.07) is 8.72. The van der Waals surface area contributed by atoms with E-state index >= 15 is 0 Å². The van der Waals surface area contributed by atoms with Crippen LogP contribution in [0.15, 0.2) is 51.9 Å². The first kappa shape index (κ1) is 16.2. The van der Waals surface area contributed by atoms with Crippen LogP contribution in [0, 0.1) is 5.82 Å². The minimum absolute atomic E-state index is 0.0627. The number of hydrogen-bond donors (Lipinski definition) is 1. The highest BCUT2D eigenvalue weighted by molar-refractivity contribution is 5.90. The van der Waals surface area contributed by atoms with Gasteiger partial charge < -0.3 is 14.4 Å². The quantitative estimate of drug-likeness (QED) is 0.760. The molecule has 7 nitrogen and oxygen atoms in total.